The number of hydrogen-bond donors (Lipinski definition) is 0. The third-order valence-corrected chi connectivity index (χ3v) is 5.24. The molecule has 0 saturated carbocycles. The van der Waals surface area contributed by atoms with Crippen molar-refractivity contribution in [3.05, 3.63) is 96.1 Å². The molecule has 1 aliphatic rings. The molecule has 1 fully saturated rings. The molecule has 0 bridgehead atoms. The van der Waals surface area contributed by atoms with Gasteiger partial charge < -0.3 is 14.5 Å². The molecule has 4 rings (SSSR count). The van der Waals surface area contributed by atoms with Gasteiger partial charge in [0.15, 0.2) is 0 Å². The van der Waals surface area contributed by atoms with E-state index >= 15 is 0 Å². The Balaban J connectivity index is 1.25. The van der Waals surface area contributed by atoms with Gasteiger partial charge in [0, 0.05) is 50.3 Å². The van der Waals surface area contributed by atoms with Crippen LogP contribution in [0.2, 0.25) is 0 Å². The lowest BCUT2D eigenvalue weighted by atomic mass is 10.2. The first-order valence-electron chi connectivity index (χ1n) is 10.3. The minimum Gasteiger partial charge on any atom is -0.489 e. The molecule has 158 valence electrons. The van der Waals surface area contributed by atoms with Gasteiger partial charge in [-0.25, -0.2) is 4.39 Å². The van der Waals surface area contributed by atoms with E-state index in [-0.39, 0.29) is 11.7 Å². The quantitative estimate of drug-likeness (QED) is 0.565. The standard InChI is InChI=1S/C25H24FN3O2/c26-22-6-1-21(2-7-22)19-31-24-8-3-20(4-9-24)5-10-25(30)29-17-15-28(16-18-29)23-11-13-27-14-12-23/h1-14H,15-19H2. The summed E-state index contributed by atoms with van der Waals surface area (Å²) >= 11 is 0. The van der Waals surface area contributed by atoms with Gasteiger partial charge in [-0.2, -0.15) is 0 Å². The van der Waals surface area contributed by atoms with Crippen LogP contribution in [0.1, 0.15) is 11.1 Å². The summed E-state index contributed by atoms with van der Waals surface area (Å²) in [6.07, 6.45) is 7.02. The van der Waals surface area contributed by atoms with E-state index in [9.17, 15) is 9.18 Å². The van der Waals surface area contributed by atoms with E-state index in [4.69, 9.17) is 4.74 Å². The molecule has 31 heavy (non-hydrogen) atoms. The zero-order valence-electron chi connectivity index (χ0n) is 17.2. The highest BCUT2D eigenvalue weighted by Gasteiger charge is 2.19. The number of ether oxygens (including phenoxy) is 1. The summed E-state index contributed by atoms with van der Waals surface area (Å²) in [5.41, 5.74) is 2.97. The van der Waals surface area contributed by atoms with Gasteiger partial charge in [0.2, 0.25) is 5.91 Å². The van der Waals surface area contributed by atoms with Crippen LogP contribution in [0, 0.1) is 5.82 Å². The van der Waals surface area contributed by atoms with Crippen molar-refractivity contribution < 1.29 is 13.9 Å². The van der Waals surface area contributed by atoms with Gasteiger partial charge >= 0.3 is 0 Å². The van der Waals surface area contributed by atoms with Gasteiger partial charge in [-0.15, -0.1) is 0 Å². The number of piperazine rings is 1. The minimum absolute atomic E-state index is 0.0195. The number of rotatable bonds is 6. The molecule has 1 aromatic heterocycles. The number of halogens is 1. The number of carbonyl (C=O) groups is 1. The summed E-state index contributed by atoms with van der Waals surface area (Å²) in [5.74, 6) is 0.483. The van der Waals surface area contributed by atoms with Gasteiger partial charge in [-0.3, -0.25) is 9.78 Å². The largest absolute Gasteiger partial charge is 0.489 e. The summed E-state index contributed by atoms with van der Waals surface area (Å²) in [6, 6.07) is 17.8. The average Bonchev–Trinajstić information content (AvgIpc) is 2.83. The highest BCUT2D eigenvalue weighted by atomic mass is 19.1. The van der Waals surface area contributed by atoms with E-state index in [1.165, 1.54) is 12.1 Å². The van der Waals surface area contributed by atoms with E-state index in [0.717, 1.165) is 35.7 Å². The Hall–Kier alpha value is -3.67. The highest BCUT2D eigenvalue weighted by molar-refractivity contribution is 5.92. The summed E-state index contributed by atoms with van der Waals surface area (Å²) in [7, 11) is 0. The van der Waals surface area contributed by atoms with Crippen molar-refractivity contribution in [3.63, 3.8) is 0 Å². The van der Waals surface area contributed by atoms with Gasteiger partial charge in [0.25, 0.3) is 0 Å². The monoisotopic (exact) mass is 417 g/mol. The van der Waals surface area contributed by atoms with Crippen molar-refractivity contribution >= 4 is 17.7 Å². The molecule has 6 heteroatoms. The van der Waals surface area contributed by atoms with Crippen LogP contribution in [0.5, 0.6) is 5.75 Å². The highest BCUT2D eigenvalue weighted by Crippen LogP contribution is 2.17. The second-order valence-electron chi connectivity index (χ2n) is 7.34. The molecule has 1 amide bonds. The summed E-state index contributed by atoms with van der Waals surface area (Å²) in [4.78, 5) is 20.7. The van der Waals surface area contributed by atoms with Crippen molar-refractivity contribution in [2.75, 3.05) is 31.1 Å². The van der Waals surface area contributed by atoms with Gasteiger partial charge in [-0.1, -0.05) is 24.3 Å². The van der Waals surface area contributed by atoms with Crippen LogP contribution in [0.4, 0.5) is 10.1 Å². The minimum atomic E-state index is -0.259. The third-order valence-electron chi connectivity index (χ3n) is 5.24. The van der Waals surface area contributed by atoms with E-state index < -0.39 is 0 Å². The van der Waals surface area contributed by atoms with Crippen LogP contribution in [0.25, 0.3) is 6.08 Å². The smallest absolute Gasteiger partial charge is 0.246 e. The molecule has 3 aromatic rings. The molecule has 1 saturated heterocycles. The SMILES string of the molecule is O=C(C=Cc1ccc(OCc2ccc(F)cc2)cc1)N1CCN(c2ccncc2)CC1. The van der Waals surface area contributed by atoms with E-state index in [1.807, 2.05) is 47.4 Å². The van der Waals surface area contributed by atoms with Crippen molar-refractivity contribution in [1.82, 2.24) is 9.88 Å². The molecular formula is C25H24FN3O2. The van der Waals surface area contributed by atoms with Crippen molar-refractivity contribution in [2.45, 2.75) is 6.61 Å². The second kappa shape index (κ2) is 9.89. The summed E-state index contributed by atoms with van der Waals surface area (Å²) in [5, 5.41) is 0. The van der Waals surface area contributed by atoms with Crippen LogP contribution in [-0.2, 0) is 11.4 Å². The third kappa shape index (κ3) is 5.69. The first-order valence-corrected chi connectivity index (χ1v) is 10.3. The fraction of sp³-hybridized carbons (Fsp3) is 0.200. The number of hydrogen-bond acceptors (Lipinski definition) is 4. The number of amides is 1. The predicted molar refractivity (Wildman–Crippen MR) is 119 cm³/mol. The molecule has 0 spiro atoms. The van der Waals surface area contributed by atoms with E-state index in [1.54, 1.807) is 30.6 Å². The molecule has 0 aliphatic carbocycles. The average molecular weight is 417 g/mol. The van der Waals surface area contributed by atoms with Crippen molar-refractivity contribution in [2.24, 2.45) is 0 Å². The molecule has 1 aliphatic heterocycles. The van der Waals surface area contributed by atoms with Crippen molar-refractivity contribution in [1.29, 1.82) is 0 Å². The van der Waals surface area contributed by atoms with E-state index in [0.29, 0.717) is 19.7 Å². The first kappa shape index (κ1) is 20.6. The number of pyridine rings is 1. The molecule has 0 unspecified atom stereocenters. The predicted octanol–water partition coefficient (Wildman–Crippen LogP) is 4.16. The zero-order chi connectivity index (χ0) is 21.5. The molecular weight excluding hydrogens is 393 g/mol. The van der Waals surface area contributed by atoms with Crippen LogP contribution >= 0.6 is 0 Å². The number of benzene rings is 2. The lowest BCUT2D eigenvalue weighted by Crippen LogP contribution is -2.48. The molecule has 5 nitrogen and oxygen atoms in total. The fourth-order valence-electron chi connectivity index (χ4n) is 3.44. The van der Waals surface area contributed by atoms with Crippen LogP contribution in [0.3, 0.4) is 0 Å². The molecule has 0 radical (unpaired) electrons. The molecule has 2 aromatic carbocycles. The fourth-order valence-corrected chi connectivity index (χ4v) is 3.44. The van der Waals surface area contributed by atoms with E-state index in [2.05, 4.69) is 9.88 Å². The molecule has 2 heterocycles. The zero-order valence-corrected chi connectivity index (χ0v) is 17.2. The lowest BCUT2D eigenvalue weighted by molar-refractivity contribution is -0.126. The van der Waals surface area contributed by atoms with Crippen LogP contribution in [-0.4, -0.2) is 42.0 Å². The Kier molecular flexibility index (Phi) is 6.57. The number of nitrogens with zero attached hydrogens (tertiary/aromatic N) is 3. The van der Waals surface area contributed by atoms with Gasteiger partial charge in [0.05, 0.1) is 0 Å². The maximum absolute atomic E-state index is 13.0. The topological polar surface area (TPSA) is 45.7 Å². The van der Waals surface area contributed by atoms with Gasteiger partial charge in [-0.05, 0) is 53.6 Å². The summed E-state index contributed by atoms with van der Waals surface area (Å²) < 4.78 is 18.7. The number of aromatic nitrogens is 1. The summed E-state index contributed by atoms with van der Waals surface area (Å²) in [6.45, 7) is 3.39. The number of anilines is 1. The van der Waals surface area contributed by atoms with Gasteiger partial charge in [0.1, 0.15) is 18.2 Å². The normalized spacial score (nSPS) is 14.1. The Bertz CT molecular complexity index is 1010. The molecule has 0 N–H and O–H groups in total. The van der Waals surface area contributed by atoms with Crippen molar-refractivity contribution in [3.8, 4) is 5.75 Å². The Morgan fingerprint density at radius 1 is 0.935 bits per heavy atom. The molecule has 0 atom stereocenters. The Morgan fingerprint density at radius 3 is 2.29 bits per heavy atom. The first-order chi connectivity index (χ1) is 15.2. The lowest BCUT2D eigenvalue weighted by Gasteiger charge is -2.35. The Labute approximate surface area is 181 Å². The maximum Gasteiger partial charge on any atom is 0.246 e. The second-order valence-corrected chi connectivity index (χ2v) is 7.34. The van der Waals surface area contributed by atoms with Crippen LogP contribution < -0.4 is 9.64 Å². The Morgan fingerprint density at radius 2 is 1.61 bits per heavy atom. The maximum atomic E-state index is 13.0. The number of carbonyl (C=O) groups excluding carboxylic acids is 1. The van der Waals surface area contributed by atoms with Crippen LogP contribution in [0.15, 0.2) is 79.1 Å².